The monoisotopic (exact) mass is 332 g/mol. The molecule has 0 radical (unpaired) electrons. The summed E-state index contributed by atoms with van der Waals surface area (Å²) in [4.78, 5) is 22.7. The molecule has 1 spiro atoms. The van der Waals surface area contributed by atoms with Crippen molar-refractivity contribution in [1.82, 2.24) is 14.9 Å². The summed E-state index contributed by atoms with van der Waals surface area (Å²) in [6, 6.07) is 1.80. The molecular formula is C17H24N4O3. The van der Waals surface area contributed by atoms with Crippen LogP contribution in [0.2, 0.25) is 0 Å². The van der Waals surface area contributed by atoms with E-state index in [4.69, 9.17) is 9.47 Å². The Bertz CT molecular complexity index is 580. The highest BCUT2D eigenvalue weighted by atomic mass is 16.5. The van der Waals surface area contributed by atoms with E-state index in [0.717, 1.165) is 25.8 Å². The molecule has 0 bridgehead atoms. The van der Waals surface area contributed by atoms with Crippen LogP contribution in [0.4, 0.5) is 5.95 Å². The number of hydrogen-bond donors (Lipinski definition) is 1. The number of nitrogens with zero attached hydrogens (tertiary/aromatic N) is 3. The first-order chi connectivity index (χ1) is 11.7. The Morgan fingerprint density at radius 3 is 3.00 bits per heavy atom. The van der Waals surface area contributed by atoms with Crippen LogP contribution in [0.5, 0.6) is 0 Å². The van der Waals surface area contributed by atoms with Crippen LogP contribution in [0.3, 0.4) is 0 Å². The Morgan fingerprint density at radius 2 is 2.21 bits per heavy atom. The molecule has 130 valence electrons. The summed E-state index contributed by atoms with van der Waals surface area (Å²) in [5.41, 5.74) is -0.356. The molecule has 7 heteroatoms. The van der Waals surface area contributed by atoms with Crippen LogP contribution in [-0.4, -0.2) is 65.8 Å². The van der Waals surface area contributed by atoms with Gasteiger partial charge in [0.15, 0.2) is 0 Å². The Morgan fingerprint density at radius 1 is 1.38 bits per heavy atom. The summed E-state index contributed by atoms with van der Waals surface area (Å²) >= 11 is 0. The van der Waals surface area contributed by atoms with Crippen molar-refractivity contribution in [3.05, 3.63) is 18.5 Å². The van der Waals surface area contributed by atoms with Crippen molar-refractivity contribution in [3.8, 4) is 0 Å². The Hall–Kier alpha value is -1.73. The molecule has 2 unspecified atom stereocenters. The SMILES string of the molecule is O=C(C1CC1)N1CCOCC2(CC(CNc3ncccn3)CO2)C1. The molecule has 1 saturated carbocycles. The van der Waals surface area contributed by atoms with Gasteiger partial charge in [0.2, 0.25) is 11.9 Å². The summed E-state index contributed by atoms with van der Waals surface area (Å²) in [5, 5.41) is 3.26. The van der Waals surface area contributed by atoms with E-state index in [9.17, 15) is 4.79 Å². The number of anilines is 1. The molecule has 3 heterocycles. The van der Waals surface area contributed by atoms with E-state index in [-0.39, 0.29) is 17.4 Å². The highest BCUT2D eigenvalue weighted by Crippen LogP contribution is 2.36. The zero-order valence-electron chi connectivity index (χ0n) is 13.8. The van der Waals surface area contributed by atoms with Gasteiger partial charge in [-0.05, 0) is 25.3 Å². The number of aromatic nitrogens is 2. The summed E-state index contributed by atoms with van der Waals surface area (Å²) < 4.78 is 11.9. The molecule has 3 aliphatic rings. The van der Waals surface area contributed by atoms with Crippen molar-refractivity contribution >= 4 is 11.9 Å². The second-order valence-electron chi connectivity index (χ2n) is 7.10. The third kappa shape index (κ3) is 3.52. The van der Waals surface area contributed by atoms with Gasteiger partial charge in [0, 0.05) is 37.3 Å². The molecule has 1 aromatic heterocycles. The van der Waals surface area contributed by atoms with Crippen LogP contribution in [0.1, 0.15) is 19.3 Å². The Labute approximate surface area is 141 Å². The number of amides is 1. The number of ether oxygens (including phenoxy) is 2. The predicted molar refractivity (Wildman–Crippen MR) is 87.4 cm³/mol. The van der Waals surface area contributed by atoms with E-state index in [2.05, 4.69) is 15.3 Å². The summed E-state index contributed by atoms with van der Waals surface area (Å²) in [5.74, 6) is 1.53. The summed E-state index contributed by atoms with van der Waals surface area (Å²) in [7, 11) is 0. The average Bonchev–Trinajstić information content (AvgIpc) is 3.40. The van der Waals surface area contributed by atoms with Crippen molar-refractivity contribution in [2.45, 2.75) is 24.9 Å². The van der Waals surface area contributed by atoms with E-state index in [1.54, 1.807) is 18.5 Å². The summed E-state index contributed by atoms with van der Waals surface area (Å²) in [6.07, 6.45) is 6.41. The quantitative estimate of drug-likeness (QED) is 0.884. The smallest absolute Gasteiger partial charge is 0.225 e. The molecule has 24 heavy (non-hydrogen) atoms. The third-order valence-corrected chi connectivity index (χ3v) is 4.99. The van der Waals surface area contributed by atoms with Crippen LogP contribution in [-0.2, 0) is 14.3 Å². The van der Waals surface area contributed by atoms with Crippen molar-refractivity contribution in [2.24, 2.45) is 11.8 Å². The van der Waals surface area contributed by atoms with Crippen molar-refractivity contribution in [1.29, 1.82) is 0 Å². The van der Waals surface area contributed by atoms with E-state index < -0.39 is 0 Å². The number of hydrogen-bond acceptors (Lipinski definition) is 6. The van der Waals surface area contributed by atoms with Gasteiger partial charge in [0.05, 0.1) is 26.4 Å². The molecule has 1 aliphatic carbocycles. The number of rotatable bonds is 4. The Balaban J connectivity index is 1.35. The van der Waals surface area contributed by atoms with Gasteiger partial charge < -0.3 is 19.7 Å². The van der Waals surface area contributed by atoms with E-state index >= 15 is 0 Å². The van der Waals surface area contributed by atoms with Crippen molar-refractivity contribution in [2.75, 3.05) is 44.8 Å². The molecule has 1 amide bonds. The largest absolute Gasteiger partial charge is 0.377 e. The van der Waals surface area contributed by atoms with Crippen molar-refractivity contribution in [3.63, 3.8) is 0 Å². The van der Waals surface area contributed by atoms with Gasteiger partial charge in [-0.1, -0.05) is 0 Å². The predicted octanol–water partition coefficient (Wildman–Crippen LogP) is 0.933. The van der Waals surface area contributed by atoms with Gasteiger partial charge in [-0.3, -0.25) is 4.79 Å². The first-order valence-corrected chi connectivity index (χ1v) is 8.75. The number of carbonyl (C=O) groups is 1. The average molecular weight is 332 g/mol. The van der Waals surface area contributed by atoms with Crippen LogP contribution < -0.4 is 5.32 Å². The minimum atomic E-state index is -0.356. The third-order valence-electron chi connectivity index (χ3n) is 4.99. The van der Waals surface area contributed by atoms with Crippen LogP contribution >= 0.6 is 0 Å². The standard InChI is InChI=1S/C17H24N4O3/c22-15(14-2-3-14)21-6-7-23-12-17(11-21)8-13(10-24-17)9-20-16-18-4-1-5-19-16/h1,4-5,13-14H,2-3,6-12H2,(H,18,19,20). The first-order valence-electron chi connectivity index (χ1n) is 8.75. The fourth-order valence-corrected chi connectivity index (χ4v) is 3.59. The molecule has 2 atom stereocenters. The number of nitrogens with one attached hydrogen (secondary N) is 1. The lowest BCUT2D eigenvalue weighted by atomic mass is 9.94. The highest BCUT2D eigenvalue weighted by Gasteiger charge is 2.45. The van der Waals surface area contributed by atoms with Gasteiger partial charge in [-0.25, -0.2) is 9.97 Å². The first kappa shape index (κ1) is 15.8. The minimum Gasteiger partial charge on any atom is -0.377 e. The van der Waals surface area contributed by atoms with E-state index in [1.807, 2.05) is 4.90 Å². The molecule has 0 aromatic carbocycles. The fourth-order valence-electron chi connectivity index (χ4n) is 3.59. The van der Waals surface area contributed by atoms with Crippen LogP contribution in [0.25, 0.3) is 0 Å². The van der Waals surface area contributed by atoms with Gasteiger partial charge in [-0.2, -0.15) is 0 Å². The van der Waals surface area contributed by atoms with Gasteiger partial charge >= 0.3 is 0 Å². The molecule has 1 N–H and O–H groups in total. The summed E-state index contributed by atoms with van der Waals surface area (Å²) in [6.45, 7) is 3.95. The van der Waals surface area contributed by atoms with Gasteiger partial charge in [0.1, 0.15) is 5.60 Å². The second-order valence-corrected chi connectivity index (χ2v) is 7.10. The fraction of sp³-hybridized carbons (Fsp3) is 0.706. The lowest BCUT2D eigenvalue weighted by Crippen LogP contribution is -2.46. The second kappa shape index (κ2) is 6.64. The van der Waals surface area contributed by atoms with Crippen LogP contribution in [0.15, 0.2) is 18.5 Å². The lowest BCUT2D eigenvalue weighted by Gasteiger charge is -2.31. The Kier molecular flexibility index (Phi) is 4.37. The van der Waals surface area contributed by atoms with E-state index in [1.165, 1.54) is 0 Å². The van der Waals surface area contributed by atoms with E-state index in [0.29, 0.717) is 44.8 Å². The highest BCUT2D eigenvalue weighted by molar-refractivity contribution is 5.81. The molecule has 4 rings (SSSR count). The molecule has 2 saturated heterocycles. The molecule has 1 aromatic rings. The zero-order valence-corrected chi connectivity index (χ0v) is 13.8. The molecule has 2 aliphatic heterocycles. The maximum atomic E-state index is 12.4. The normalized spacial score (nSPS) is 30.3. The van der Waals surface area contributed by atoms with Crippen LogP contribution in [0, 0.1) is 11.8 Å². The zero-order chi connectivity index (χ0) is 16.4. The van der Waals surface area contributed by atoms with Gasteiger partial charge in [0.25, 0.3) is 0 Å². The molecular weight excluding hydrogens is 308 g/mol. The maximum Gasteiger partial charge on any atom is 0.225 e. The van der Waals surface area contributed by atoms with Gasteiger partial charge in [-0.15, -0.1) is 0 Å². The maximum absolute atomic E-state index is 12.4. The van der Waals surface area contributed by atoms with Crippen molar-refractivity contribution < 1.29 is 14.3 Å². The molecule has 3 fully saturated rings. The lowest BCUT2D eigenvalue weighted by molar-refractivity contribution is -0.135. The number of carbonyl (C=O) groups excluding carboxylic acids is 1. The topological polar surface area (TPSA) is 76.6 Å². The minimum absolute atomic E-state index is 0.245. The molecule has 7 nitrogen and oxygen atoms in total.